The lowest BCUT2D eigenvalue weighted by molar-refractivity contribution is -0.136. The molecule has 5 nitrogen and oxygen atoms in total. The van der Waals surface area contributed by atoms with Crippen molar-refractivity contribution in [3.05, 3.63) is 59.7 Å². The van der Waals surface area contributed by atoms with Crippen LogP contribution in [0, 0.1) is 0 Å². The molecule has 0 bridgehead atoms. The molecule has 2 amide bonds. The maximum absolute atomic E-state index is 12.4. The van der Waals surface area contributed by atoms with Crippen LogP contribution in [-0.2, 0) is 21.4 Å². The molecule has 5 heteroatoms. The summed E-state index contributed by atoms with van der Waals surface area (Å²) in [4.78, 5) is 24.6. The predicted molar refractivity (Wildman–Crippen MR) is 111 cm³/mol. The molecule has 28 heavy (non-hydrogen) atoms. The molecule has 0 aliphatic heterocycles. The van der Waals surface area contributed by atoms with Gasteiger partial charge in [0, 0.05) is 17.6 Å². The topological polar surface area (TPSA) is 67.4 Å². The fourth-order valence-corrected chi connectivity index (χ4v) is 3.91. The minimum atomic E-state index is -0.632. The number of methoxy groups -OCH3 is 1. The molecule has 0 atom stereocenters. The highest BCUT2D eigenvalue weighted by molar-refractivity contribution is 6.39. The molecule has 1 fully saturated rings. The molecular formula is C23H28N2O3. The van der Waals surface area contributed by atoms with Crippen molar-refractivity contribution >= 4 is 17.5 Å². The van der Waals surface area contributed by atoms with E-state index in [1.807, 2.05) is 36.4 Å². The van der Waals surface area contributed by atoms with E-state index in [2.05, 4.69) is 29.7 Å². The van der Waals surface area contributed by atoms with Gasteiger partial charge in [-0.25, -0.2) is 0 Å². The molecule has 0 spiro atoms. The summed E-state index contributed by atoms with van der Waals surface area (Å²) in [5, 5.41) is 5.52. The first-order valence-corrected chi connectivity index (χ1v) is 9.89. The van der Waals surface area contributed by atoms with Crippen molar-refractivity contribution in [1.82, 2.24) is 5.32 Å². The summed E-state index contributed by atoms with van der Waals surface area (Å²) < 4.78 is 5.24. The number of hydrogen-bond donors (Lipinski definition) is 2. The summed E-state index contributed by atoms with van der Waals surface area (Å²) in [6.45, 7) is 2.53. The number of hydrogen-bond acceptors (Lipinski definition) is 3. The fourth-order valence-electron chi connectivity index (χ4n) is 3.91. The van der Waals surface area contributed by atoms with E-state index in [1.165, 1.54) is 11.1 Å². The van der Waals surface area contributed by atoms with Crippen molar-refractivity contribution in [1.29, 1.82) is 0 Å². The molecule has 148 valence electrons. The van der Waals surface area contributed by atoms with E-state index < -0.39 is 11.8 Å². The number of rotatable bonds is 6. The average molecular weight is 380 g/mol. The number of carbonyl (C=O) groups is 2. The number of nitrogens with one attached hydrogen (secondary N) is 2. The number of benzene rings is 2. The van der Waals surface area contributed by atoms with Crippen molar-refractivity contribution in [2.45, 2.75) is 44.4 Å². The van der Waals surface area contributed by atoms with Crippen LogP contribution in [0.2, 0.25) is 0 Å². The van der Waals surface area contributed by atoms with Crippen LogP contribution in [0.15, 0.2) is 48.5 Å². The maximum atomic E-state index is 12.4. The van der Waals surface area contributed by atoms with Crippen LogP contribution in [0.5, 0.6) is 5.75 Å². The van der Waals surface area contributed by atoms with Crippen molar-refractivity contribution in [2.24, 2.45) is 0 Å². The van der Waals surface area contributed by atoms with Crippen LogP contribution >= 0.6 is 0 Å². The van der Waals surface area contributed by atoms with E-state index in [-0.39, 0.29) is 5.41 Å². The van der Waals surface area contributed by atoms with E-state index in [9.17, 15) is 9.59 Å². The van der Waals surface area contributed by atoms with Gasteiger partial charge in [0.15, 0.2) is 0 Å². The average Bonchev–Trinajstić information content (AvgIpc) is 3.22. The largest absolute Gasteiger partial charge is 0.497 e. The van der Waals surface area contributed by atoms with E-state index >= 15 is 0 Å². The number of ether oxygens (including phenoxy) is 1. The van der Waals surface area contributed by atoms with Crippen LogP contribution in [0.4, 0.5) is 5.69 Å². The molecule has 0 unspecified atom stereocenters. The Morgan fingerprint density at radius 1 is 0.964 bits per heavy atom. The molecule has 3 rings (SSSR count). The van der Waals surface area contributed by atoms with Crippen molar-refractivity contribution in [3.8, 4) is 5.75 Å². The van der Waals surface area contributed by atoms with E-state index in [0.717, 1.165) is 37.9 Å². The van der Waals surface area contributed by atoms with E-state index in [0.29, 0.717) is 12.2 Å². The Morgan fingerprint density at radius 3 is 2.18 bits per heavy atom. The van der Waals surface area contributed by atoms with Gasteiger partial charge in [-0.15, -0.1) is 0 Å². The first kappa shape index (κ1) is 19.9. The zero-order valence-corrected chi connectivity index (χ0v) is 16.6. The summed E-state index contributed by atoms with van der Waals surface area (Å²) in [6.07, 6.45) is 5.18. The van der Waals surface area contributed by atoms with Gasteiger partial charge in [-0.3, -0.25) is 9.59 Å². The van der Waals surface area contributed by atoms with Crippen LogP contribution < -0.4 is 15.4 Å². The second kappa shape index (κ2) is 8.91. The van der Waals surface area contributed by atoms with Gasteiger partial charge in [0.1, 0.15) is 5.75 Å². The zero-order chi connectivity index (χ0) is 20.0. The van der Waals surface area contributed by atoms with Crippen molar-refractivity contribution in [3.63, 3.8) is 0 Å². The molecule has 0 aromatic heterocycles. The van der Waals surface area contributed by atoms with Gasteiger partial charge in [0.25, 0.3) is 0 Å². The minimum Gasteiger partial charge on any atom is -0.497 e. The molecule has 0 radical (unpaired) electrons. The Balaban J connectivity index is 1.62. The third-order valence-corrected chi connectivity index (χ3v) is 5.68. The van der Waals surface area contributed by atoms with Crippen LogP contribution in [0.3, 0.4) is 0 Å². The highest BCUT2D eigenvalue weighted by Gasteiger charge is 2.36. The van der Waals surface area contributed by atoms with Gasteiger partial charge < -0.3 is 15.4 Å². The second-order valence-electron chi connectivity index (χ2n) is 7.40. The Kier molecular flexibility index (Phi) is 6.34. The smallest absolute Gasteiger partial charge is 0.313 e. The Morgan fingerprint density at radius 2 is 1.61 bits per heavy atom. The van der Waals surface area contributed by atoms with Gasteiger partial charge in [-0.1, -0.05) is 44.0 Å². The molecule has 1 aliphatic rings. The molecular weight excluding hydrogens is 352 g/mol. The molecule has 2 aromatic rings. The number of amides is 2. The van der Waals surface area contributed by atoms with Crippen molar-refractivity contribution in [2.75, 3.05) is 19.0 Å². The van der Waals surface area contributed by atoms with E-state index in [1.54, 1.807) is 7.11 Å². The zero-order valence-electron chi connectivity index (χ0n) is 16.6. The van der Waals surface area contributed by atoms with Crippen molar-refractivity contribution < 1.29 is 14.3 Å². The third-order valence-electron chi connectivity index (χ3n) is 5.68. The van der Waals surface area contributed by atoms with E-state index in [4.69, 9.17) is 4.74 Å². The Labute approximate surface area is 166 Å². The molecule has 1 aliphatic carbocycles. The molecule has 1 saturated carbocycles. The highest BCUT2D eigenvalue weighted by Crippen LogP contribution is 2.41. The number of carbonyl (C=O) groups excluding carboxylic acids is 2. The quantitative estimate of drug-likeness (QED) is 0.749. The highest BCUT2D eigenvalue weighted by atomic mass is 16.5. The van der Waals surface area contributed by atoms with Crippen LogP contribution in [0.1, 0.15) is 43.7 Å². The lowest BCUT2D eigenvalue weighted by Gasteiger charge is -2.30. The van der Waals surface area contributed by atoms with Gasteiger partial charge in [-0.2, -0.15) is 0 Å². The normalized spacial score (nSPS) is 15.1. The van der Waals surface area contributed by atoms with Gasteiger partial charge in [0.2, 0.25) is 0 Å². The van der Waals surface area contributed by atoms with Gasteiger partial charge >= 0.3 is 11.8 Å². The molecule has 0 saturated heterocycles. The summed E-state index contributed by atoms with van der Waals surface area (Å²) in [6, 6.07) is 15.6. The lowest BCUT2D eigenvalue weighted by Crippen LogP contribution is -2.43. The van der Waals surface area contributed by atoms with Gasteiger partial charge in [-0.05, 0) is 54.7 Å². The van der Waals surface area contributed by atoms with Crippen LogP contribution in [-0.4, -0.2) is 25.5 Å². The second-order valence-corrected chi connectivity index (χ2v) is 7.40. The summed E-state index contributed by atoms with van der Waals surface area (Å²) >= 11 is 0. The fraction of sp³-hybridized carbons (Fsp3) is 0.391. The maximum Gasteiger partial charge on any atom is 0.313 e. The first-order chi connectivity index (χ1) is 13.6. The summed E-state index contributed by atoms with van der Waals surface area (Å²) in [7, 11) is 1.65. The lowest BCUT2D eigenvalue weighted by atomic mass is 9.78. The Bertz CT molecular complexity index is 807. The predicted octanol–water partition coefficient (Wildman–Crippen LogP) is 3.82. The summed E-state index contributed by atoms with van der Waals surface area (Å²) in [5.74, 6) is -0.416. The molecule has 0 heterocycles. The van der Waals surface area contributed by atoms with Gasteiger partial charge in [0.05, 0.1) is 7.11 Å². The Hall–Kier alpha value is -2.82. The SMILES string of the molecule is CCc1ccc(NC(=O)C(=O)NCC2(c3ccc(OC)cc3)CCCC2)cc1. The standard InChI is InChI=1S/C23H28N2O3/c1-3-17-6-10-19(11-7-17)25-22(27)21(26)24-16-23(14-4-5-15-23)18-8-12-20(28-2)13-9-18/h6-13H,3-5,14-16H2,1-2H3,(H,24,26)(H,25,27). The first-order valence-electron chi connectivity index (χ1n) is 9.89. The minimum absolute atomic E-state index is 0.120. The summed E-state index contributed by atoms with van der Waals surface area (Å²) in [5.41, 5.74) is 2.88. The molecule has 2 N–H and O–H groups in total. The monoisotopic (exact) mass is 380 g/mol. The third kappa shape index (κ3) is 4.53. The number of anilines is 1. The number of aryl methyl sites for hydroxylation is 1. The van der Waals surface area contributed by atoms with Crippen LogP contribution in [0.25, 0.3) is 0 Å². The molecule has 2 aromatic carbocycles.